The fourth-order valence-electron chi connectivity index (χ4n) is 2.60. The van der Waals surface area contributed by atoms with Crippen LogP contribution in [0.1, 0.15) is 21.5 Å². The van der Waals surface area contributed by atoms with Crippen LogP contribution in [0.4, 0.5) is 0 Å². The predicted octanol–water partition coefficient (Wildman–Crippen LogP) is 2.97. The second kappa shape index (κ2) is 10.5. The standard InChI is InChI=1S/C21H23NO4S/c1-15-6-5-7-16(10-15)11-18(21(25)26)12-22-20(24)14-27-13-19(23)17-8-3-2-4-9-17/h2-10,18H,11-14H2,1H3,(H,22,24)(H,25,26). The molecule has 1 amide bonds. The molecule has 0 aliphatic heterocycles. The van der Waals surface area contributed by atoms with Gasteiger partial charge in [-0.3, -0.25) is 14.4 Å². The summed E-state index contributed by atoms with van der Waals surface area (Å²) in [6, 6.07) is 16.6. The van der Waals surface area contributed by atoms with Gasteiger partial charge in [0.1, 0.15) is 0 Å². The molecule has 0 aromatic heterocycles. The molecule has 0 heterocycles. The SMILES string of the molecule is Cc1cccc(CC(CNC(=O)CSCC(=O)c2ccccc2)C(=O)O)c1. The van der Waals surface area contributed by atoms with E-state index in [-0.39, 0.29) is 29.7 Å². The largest absolute Gasteiger partial charge is 0.481 e. The molecule has 0 saturated carbocycles. The highest BCUT2D eigenvalue weighted by atomic mass is 32.2. The first kappa shape index (κ1) is 20.7. The summed E-state index contributed by atoms with van der Waals surface area (Å²) in [6.45, 7) is 2.02. The molecule has 0 aliphatic carbocycles. The Kier molecular flexibility index (Phi) is 8.07. The topological polar surface area (TPSA) is 83.5 Å². The van der Waals surface area contributed by atoms with Crippen molar-refractivity contribution in [2.45, 2.75) is 13.3 Å². The number of carboxylic acid groups (broad SMARTS) is 1. The quantitative estimate of drug-likeness (QED) is 0.615. The lowest BCUT2D eigenvalue weighted by atomic mass is 9.98. The van der Waals surface area contributed by atoms with E-state index in [1.807, 2.05) is 37.3 Å². The number of aryl methyl sites for hydroxylation is 1. The molecule has 0 bridgehead atoms. The van der Waals surface area contributed by atoms with E-state index in [1.165, 1.54) is 11.8 Å². The molecule has 6 heteroatoms. The monoisotopic (exact) mass is 385 g/mol. The van der Waals surface area contributed by atoms with E-state index in [0.717, 1.165) is 11.1 Å². The lowest BCUT2D eigenvalue weighted by Gasteiger charge is -2.14. The molecular weight excluding hydrogens is 362 g/mol. The minimum Gasteiger partial charge on any atom is -0.481 e. The lowest BCUT2D eigenvalue weighted by Crippen LogP contribution is -2.35. The Labute approximate surface area is 163 Å². The zero-order valence-electron chi connectivity index (χ0n) is 15.2. The van der Waals surface area contributed by atoms with Crippen LogP contribution in [0.15, 0.2) is 54.6 Å². The molecule has 0 saturated heterocycles. The van der Waals surface area contributed by atoms with Crippen LogP contribution in [0, 0.1) is 12.8 Å². The highest BCUT2D eigenvalue weighted by molar-refractivity contribution is 8.00. The second-order valence-corrected chi connectivity index (χ2v) is 7.30. The van der Waals surface area contributed by atoms with Gasteiger partial charge in [-0.2, -0.15) is 0 Å². The van der Waals surface area contributed by atoms with Gasteiger partial charge < -0.3 is 10.4 Å². The average Bonchev–Trinajstić information content (AvgIpc) is 2.65. The van der Waals surface area contributed by atoms with Crippen molar-refractivity contribution < 1.29 is 19.5 Å². The highest BCUT2D eigenvalue weighted by Gasteiger charge is 2.19. The van der Waals surface area contributed by atoms with Crippen molar-refractivity contribution in [2.24, 2.45) is 5.92 Å². The van der Waals surface area contributed by atoms with Crippen molar-refractivity contribution >= 4 is 29.4 Å². The van der Waals surface area contributed by atoms with Crippen molar-refractivity contribution in [3.63, 3.8) is 0 Å². The van der Waals surface area contributed by atoms with Crippen LogP contribution >= 0.6 is 11.8 Å². The Bertz CT molecular complexity index is 792. The van der Waals surface area contributed by atoms with E-state index in [1.54, 1.807) is 24.3 Å². The van der Waals surface area contributed by atoms with E-state index in [9.17, 15) is 19.5 Å². The number of amides is 1. The van der Waals surface area contributed by atoms with E-state index in [4.69, 9.17) is 0 Å². The molecule has 0 radical (unpaired) electrons. The summed E-state index contributed by atoms with van der Waals surface area (Å²) in [5.74, 6) is -1.60. The third-order valence-corrected chi connectivity index (χ3v) is 4.95. The number of carboxylic acids is 1. The van der Waals surface area contributed by atoms with E-state index < -0.39 is 11.9 Å². The summed E-state index contributed by atoms with van der Waals surface area (Å²) in [7, 11) is 0. The molecule has 2 aromatic carbocycles. The number of benzene rings is 2. The van der Waals surface area contributed by atoms with Crippen LogP contribution in [0.5, 0.6) is 0 Å². The fraction of sp³-hybridized carbons (Fsp3) is 0.286. The molecule has 1 atom stereocenters. The third-order valence-electron chi connectivity index (χ3n) is 4.02. The van der Waals surface area contributed by atoms with Gasteiger partial charge in [0.2, 0.25) is 5.91 Å². The average molecular weight is 385 g/mol. The van der Waals surface area contributed by atoms with E-state index in [2.05, 4.69) is 5.32 Å². The van der Waals surface area contributed by atoms with Crippen LogP contribution in [0.2, 0.25) is 0 Å². The number of hydrogen-bond donors (Lipinski definition) is 2. The first-order chi connectivity index (χ1) is 13.0. The second-order valence-electron chi connectivity index (χ2n) is 6.31. The van der Waals surface area contributed by atoms with E-state index >= 15 is 0 Å². The number of rotatable bonds is 10. The molecule has 2 aromatic rings. The molecule has 1 unspecified atom stereocenters. The number of carbonyl (C=O) groups is 3. The minimum absolute atomic E-state index is 0.0312. The predicted molar refractivity (Wildman–Crippen MR) is 107 cm³/mol. The Morgan fingerprint density at radius 3 is 2.44 bits per heavy atom. The van der Waals surface area contributed by atoms with Crippen molar-refractivity contribution in [1.29, 1.82) is 0 Å². The van der Waals surface area contributed by atoms with Gasteiger partial charge in [-0.1, -0.05) is 60.2 Å². The zero-order chi connectivity index (χ0) is 19.6. The van der Waals surface area contributed by atoms with Crippen LogP contribution < -0.4 is 5.32 Å². The summed E-state index contributed by atoms with van der Waals surface area (Å²) >= 11 is 1.22. The van der Waals surface area contributed by atoms with Crippen molar-refractivity contribution in [3.8, 4) is 0 Å². The summed E-state index contributed by atoms with van der Waals surface area (Å²) in [5.41, 5.74) is 2.62. The molecular formula is C21H23NO4S. The number of carbonyl (C=O) groups excluding carboxylic acids is 2. The van der Waals surface area contributed by atoms with Crippen LogP contribution in [-0.4, -0.2) is 40.8 Å². The molecule has 0 aliphatic rings. The number of thioether (sulfide) groups is 1. The molecule has 0 spiro atoms. The fourth-order valence-corrected chi connectivity index (χ4v) is 3.34. The van der Waals surface area contributed by atoms with Gasteiger partial charge in [0, 0.05) is 12.1 Å². The van der Waals surface area contributed by atoms with Gasteiger partial charge in [-0.05, 0) is 18.9 Å². The molecule has 142 valence electrons. The molecule has 5 nitrogen and oxygen atoms in total. The Balaban J connectivity index is 1.75. The highest BCUT2D eigenvalue weighted by Crippen LogP contribution is 2.11. The van der Waals surface area contributed by atoms with Crippen molar-refractivity contribution in [1.82, 2.24) is 5.32 Å². The number of nitrogens with one attached hydrogen (secondary N) is 1. The maximum Gasteiger partial charge on any atom is 0.308 e. The van der Waals surface area contributed by atoms with Crippen LogP contribution in [0.3, 0.4) is 0 Å². The summed E-state index contributed by atoms with van der Waals surface area (Å²) in [6.07, 6.45) is 0.358. The lowest BCUT2D eigenvalue weighted by molar-refractivity contribution is -0.141. The summed E-state index contributed by atoms with van der Waals surface area (Å²) < 4.78 is 0. The molecule has 2 rings (SSSR count). The molecule has 2 N–H and O–H groups in total. The summed E-state index contributed by atoms with van der Waals surface area (Å²) in [4.78, 5) is 35.4. The van der Waals surface area contributed by atoms with Gasteiger partial charge in [0.15, 0.2) is 5.78 Å². The Morgan fingerprint density at radius 2 is 1.78 bits per heavy atom. The Morgan fingerprint density at radius 1 is 1.04 bits per heavy atom. The number of Topliss-reactive ketones (excluding diaryl/α,β-unsaturated/α-hetero) is 1. The van der Waals surface area contributed by atoms with Crippen LogP contribution in [0.25, 0.3) is 0 Å². The van der Waals surface area contributed by atoms with Gasteiger partial charge in [-0.15, -0.1) is 11.8 Å². The molecule has 27 heavy (non-hydrogen) atoms. The Hall–Kier alpha value is -2.60. The number of aliphatic carboxylic acids is 1. The van der Waals surface area contributed by atoms with Crippen molar-refractivity contribution in [3.05, 3.63) is 71.3 Å². The van der Waals surface area contributed by atoms with Gasteiger partial charge >= 0.3 is 5.97 Å². The van der Waals surface area contributed by atoms with Gasteiger partial charge in [0.05, 0.1) is 17.4 Å². The summed E-state index contributed by atoms with van der Waals surface area (Å²) in [5, 5.41) is 12.1. The minimum atomic E-state index is -0.941. The maximum absolute atomic E-state index is 12.0. The van der Waals surface area contributed by atoms with Crippen LogP contribution in [-0.2, 0) is 16.0 Å². The zero-order valence-corrected chi connectivity index (χ0v) is 16.0. The third kappa shape index (κ3) is 7.27. The van der Waals surface area contributed by atoms with Gasteiger partial charge in [-0.25, -0.2) is 0 Å². The van der Waals surface area contributed by atoms with E-state index in [0.29, 0.717) is 12.0 Å². The first-order valence-electron chi connectivity index (χ1n) is 8.66. The van der Waals surface area contributed by atoms with Crippen molar-refractivity contribution in [2.75, 3.05) is 18.1 Å². The number of ketones is 1. The normalized spacial score (nSPS) is 11.6. The first-order valence-corrected chi connectivity index (χ1v) is 9.82. The smallest absolute Gasteiger partial charge is 0.308 e. The van der Waals surface area contributed by atoms with Gasteiger partial charge in [0.25, 0.3) is 0 Å². The number of hydrogen-bond acceptors (Lipinski definition) is 4. The molecule has 0 fully saturated rings. The maximum atomic E-state index is 12.0.